The third-order valence-corrected chi connectivity index (χ3v) is 3.22. The van der Waals surface area contributed by atoms with Crippen molar-refractivity contribution in [3.63, 3.8) is 0 Å². The monoisotopic (exact) mass is 305 g/mol. The molecule has 6 heteroatoms. The molecule has 0 unspecified atom stereocenters. The Morgan fingerprint density at radius 2 is 2.05 bits per heavy atom. The number of benzene rings is 1. The first-order valence-electron chi connectivity index (χ1n) is 6.59. The maximum Gasteiger partial charge on any atom is 0.253 e. The van der Waals surface area contributed by atoms with Crippen molar-refractivity contribution in [2.24, 2.45) is 0 Å². The van der Waals surface area contributed by atoms with E-state index in [1.54, 1.807) is 19.1 Å². The molecule has 0 aliphatic rings. The van der Waals surface area contributed by atoms with E-state index in [-0.39, 0.29) is 17.9 Å². The first-order chi connectivity index (χ1) is 10.0. The summed E-state index contributed by atoms with van der Waals surface area (Å²) in [6, 6.07) is 8.60. The van der Waals surface area contributed by atoms with Crippen LogP contribution in [0.2, 0.25) is 5.02 Å². The highest BCUT2D eigenvalue weighted by molar-refractivity contribution is 6.30. The molecule has 1 N–H and O–H groups in total. The molecule has 0 saturated heterocycles. The Morgan fingerprint density at radius 1 is 1.33 bits per heavy atom. The van der Waals surface area contributed by atoms with E-state index in [0.29, 0.717) is 23.8 Å². The summed E-state index contributed by atoms with van der Waals surface area (Å²) >= 11 is 5.79. The molecule has 0 spiro atoms. The maximum atomic E-state index is 11.8. The molecule has 0 aliphatic carbocycles. The van der Waals surface area contributed by atoms with Crippen LogP contribution in [0.4, 0.5) is 0 Å². The number of aryl methyl sites for hydroxylation is 1. The summed E-state index contributed by atoms with van der Waals surface area (Å²) in [6.45, 7) is 2.55. The van der Waals surface area contributed by atoms with E-state index < -0.39 is 0 Å². The molecule has 110 valence electrons. The van der Waals surface area contributed by atoms with Gasteiger partial charge in [0.15, 0.2) is 0 Å². The molecule has 0 saturated carbocycles. The van der Waals surface area contributed by atoms with Crippen molar-refractivity contribution in [2.75, 3.05) is 6.54 Å². The fourth-order valence-corrected chi connectivity index (χ4v) is 1.98. The minimum Gasteiger partial charge on any atom is -0.354 e. The first-order valence-corrected chi connectivity index (χ1v) is 6.96. The number of nitrogens with one attached hydrogen (secondary N) is 1. The molecule has 1 amide bonds. The van der Waals surface area contributed by atoms with Crippen LogP contribution in [-0.4, -0.2) is 22.0 Å². The second-order valence-corrected chi connectivity index (χ2v) is 5.15. The lowest BCUT2D eigenvalue weighted by Crippen LogP contribution is -2.31. The van der Waals surface area contributed by atoms with Crippen LogP contribution in [-0.2, 0) is 17.8 Å². The highest BCUT2D eigenvalue weighted by Crippen LogP contribution is 2.09. The van der Waals surface area contributed by atoms with Crippen molar-refractivity contribution >= 4 is 17.5 Å². The van der Waals surface area contributed by atoms with Crippen LogP contribution in [0.15, 0.2) is 41.5 Å². The predicted octanol–water partition coefficient (Wildman–Crippen LogP) is 1.56. The topological polar surface area (TPSA) is 64.0 Å². The SMILES string of the molecule is Cc1cc(=O)n(CCNC(=O)Cc2ccc(Cl)cc2)cn1. The van der Waals surface area contributed by atoms with Crippen molar-refractivity contribution in [3.8, 4) is 0 Å². The Morgan fingerprint density at radius 3 is 2.71 bits per heavy atom. The van der Waals surface area contributed by atoms with E-state index in [1.165, 1.54) is 17.0 Å². The smallest absolute Gasteiger partial charge is 0.253 e. The molecule has 1 aromatic carbocycles. The van der Waals surface area contributed by atoms with E-state index in [9.17, 15) is 9.59 Å². The first kappa shape index (κ1) is 15.3. The predicted molar refractivity (Wildman–Crippen MR) is 81.4 cm³/mol. The molecule has 21 heavy (non-hydrogen) atoms. The summed E-state index contributed by atoms with van der Waals surface area (Å²) in [5.41, 5.74) is 1.46. The van der Waals surface area contributed by atoms with Crippen molar-refractivity contribution in [3.05, 3.63) is 63.3 Å². The minimum absolute atomic E-state index is 0.0922. The van der Waals surface area contributed by atoms with E-state index in [4.69, 9.17) is 11.6 Å². The van der Waals surface area contributed by atoms with Gasteiger partial charge >= 0.3 is 0 Å². The number of aromatic nitrogens is 2. The minimum atomic E-state index is -0.116. The van der Waals surface area contributed by atoms with Crippen LogP contribution in [0.3, 0.4) is 0 Å². The zero-order valence-corrected chi connectivity index (χ0v) is 12.4. The summed E-state index contributed by atoms with van der Waals surface area (Å²) in [7, 11) is 0. The van der Waals surface area contributed by atoms with Crippen LogP contribution >= 0.6 is 11.6 Å². The van der Waals surface area contributed by atoms with Gasteiger partial charge in [-0.2, -0.15) is 0 Å². The van der Waals surface area contributed by atoms with Crippen molar-refractivity contribution in [1.29, 1.82) is 0 Å². The second-order valence-electron chi connectivity index (χ2n) is 4.72. The standard InChI is InChI=1S/C15H16ClN3O2/c1-11-8-15(21)19(10-18-11)7-6-17-14(20)9-12-2-4-13(16)5-3-12/h2-5,8,10H,6-7,9H2,1H3,(H,17,20). The van der Waals surface area contributed by atoms with Gasteiger partial charge in [0.2, 0.25) is 5.91 Å². The fourth-order valence-electron chi connectivity index (χ4n) is 1.85. The Hall–Kier alpha value is -2.14. The summed E-state index contributed by atoms with van der Waals surface area (Å²) in [5.74, 6) is -0.0922. The largest absolute Gasteiger partial charge is 0.354 e. The highest BCUT2D eigenvalue weighted by atomic mass is 35.5. The normalized spacial score (nSPS) is 10.4. The fraction of sp³-hybridized carbons (Fsp3) is 0.267. The zero-order valence-electron chi connectivity index (χ0n) is 11.7. The van der Waals surface area contributed by atoms with Gasteiger partial charge in [-0.25, -0.2) is 4.98 Å². The molecule has 1 aromatic heterocycles. The summed E-state index contributed by atoms with van der Waals surface area (Å²) in [5, 5.41) is 3.42. The van der Waals surface area contributed by atoms with Gasteiger partial charge in [0.25, 0.3) is 5.56 Å². The molecule has 0 radical (unpaired) electrons. The lowest BCUT2D eigenvalue weighted by atomic mass is 10.1. The number of carbonyl (C=O) groups excluding carboxylic acids is 1. The molecule has 1 heterocycles. The molecule has 5 nitrogen and oxygen atoms in total. The maximum absolute atomic E-state index is 11.8. The lowest BCUT2D eigenvalue weighted by Gasteiger charge is -2.07. The van der Waals surface area contributed by atoms with Gasteiger partial charge < -0.3 is 5.32 Å². The van der Waals surface area contributed by atoms with Crippen molar-refractivity contribution in [1.82, 2.24) is 14.9 Å². The highest BCUT2D eigenvalue weighted by Gasteiger charge is 2.03. The molecule has 0 fully saturated rings. The number of rotatable bonds is 5. The van der Waals surface area contributed by atoms with Gasteiger partial charge in [-0.15, -0.1) is 0 Å². The average molecular weight is 306 g/mol. The van der Waals surface area contributed by atoms with Gasteiger partial charge in [-0.3, -0.25) is 14.2 Å². The summed E-state index contributed by atoms with van der Waals surface area (Å²) in [4.78, 5) is 27.5. The number of halogens is 1. The Labute approximate surface area is 127 Å². The Bertz CT molecular complexity index is 680. The summed E-state index contributed by atoms with van der Waals surface area (Å²) < 4.78 is 1.47. The van der Waals surface area contributed by atoms with Gasteiger partial charge in [0.05, 0.1) is 12.7 Å². The van der Waals surface area contributed by atoms with E-state index >= 15 is 0 Å². The number of amides is 1. The molecule has 0 bridgehead atoms. The van der Waals surface area contributed by atoms with Gasteiger partial charge in [-0.1, -0.05) is 23.7 Å². The molecule has 2 rings (SSSR count). The average Bonchev–Trinajstić information content (AvgIpc) is 2.44. The van der Waals surface area contributed by atoms with Gasteiger partial charge in [-0.05, 0) is 24.6 Å². The second kappa shape index (κ2) is 7.04. The number of carbonyl (C=O) groups is 1. The van der Waals surface area contributed by atoms with Crippen LogP contribution in [0.25, 0.3) is 0 Å². The van der Waals surface area contributed by atoms with Crippen LogP contribution in [0.1, 0.15) is 11.3 Å². The molecule has 0 atom stereocenters. The third-order valence-electron chi connectivity index (χ3n) is 2.97. The molecule has 0 aliphatic heterocycles. The molecular formula is C15H16ClN3O2. The Kier molecular flexibility index (Phi) is 5.11. The van der Waals surface area contributed by atoms with Crippen molar-refractivity contribution in [2.45, 2.75) is 19.9 Å². The molecule has 2 aromatic rings. The third kappa shape index (κ3) is 4.72. The van der Waals surface area contributed by atoms with E-state index in [1.807, 2.05) is 12.1 Å². The number of nitrogens with zero attached hydrogens (tertiary/aromatic N) is 2. The van der Waals surface area contributed by atoms with Crippen LogP contribution in [0, 0.1) is 6.92 Å². The number of hydrogen-bond acceptors (Lipinski definition) is 3. The Balaban J connectivity index is 1.81. The zero-order chi connectivity index (χ0) is 15.2. The van der Waals surface area contributed by atoms with Crippen LogP contribution in [0.5, 0.6) is 0 Å². The van der Waals surface area contributed by atoms with E-state index in [0.717, 1.165) is 5.56 Å². The van der Waals surface area contributed by atoms with Crippen LogP contribution < -0.4 is 10.9 Å². The van der Waals surface area contributed by atoms with Crippen molar-refractivity contribution < 1.29 is 4.79 Å². The molecular weight excluding hydrogens is 290 g/mol. The number of hydrogen-bond donors (Lipinski definition) is 1. The summed E-state index contributed by atoms with van der Waals surface area (Å²) in [6.07, 6.45) is 1.78. The van der Waals surface area contributed by atoms with Gasteiger partial charge in [0, 0.05) is 29.9 Å². The lowest BCUT2D eigenvalue weighted by molar-refractivity contribution is -0.120. The quantitative estimate of drug-likeness (QED) is 0.912. The van der Waals surface area contributed by atoms with Gasteiger partial charge in [0.1, 0.15) is 0 Å². The van der Waals surface area contributed by atoms with E-state index in [2.05, 4.69) is 10.3 Å².